The maximum Gasteiger partial charge on any atom is 0.332 e. The van der Waals surface area contributed by atoms with Gasteiger partial charge in [0.2, 0.25) is 5.78 Å². The number of aliphatic hydroxyl groups excluding tert-OH is 2. The Bertz CT molecular complexity index is 990. The summed E-state index contributed by atoms with van der Waals surface area (Å²) in [6.45, 7) is 1.59. The molecule has 0 spiro atoms. The van der Waals surface area contributed by atoms with E-state index in [2.05, 4.69) is 4.98 Å². The molecule has 0 saturated heterocycles. The fraction of sp³-hybridized carbons (Fsp3) is 0.462. The van der Waals surface area contributed by atoms with Crippen LogP contribution in [0.4, 0.5) is 0 Å². The van der Waals surface area contributed by atoms with Crippen molar-refractivity contribution in [2.24, 2.45) is 14.1 Å². The van der Waals surface area contributed by atoms with E-state index in [0.29, 0.717) is 11.3 Å². The van der Waals surface area contributed by atoms with Crippen molar-refractivity contribution in [2.75, 3.05) is 6.61 Å². The molecule has 3 heterocycles. The van der Waals surface area contributed by atoms with Crippen LogP contribution in [0, 0.1) is 6.92 Å². The highest BCUT2D eigenvalue weighted by Gasteiger charge is 2.19. The summed E-state index contributed by atoms with van der Waals surface area (Å²) in [6.07, 6.45) is 0.794. The average Bonchev–Trinajstić information content (AvgIpc) is 2.99. The molecule has 9 nitrogen and oxygen atoms in total. The Hall–Kier alpha value is -2.39. The van der Waals surface area contributed by atoms with Gasteiger partial charge in [-0.25, -0.2) is 4.79 Å². The smallest absolute Gasteiger partial charge is 0.332 e. The predicted molar refractivity (Wildman–Crippen MR) is 79.0 cm³/mol. The molecule has 1 atom stereocenters. The van der Waals surface area contributed by atoms with Crippen LogP contribution < -0.4 is 11.2 Å². The summed E-state index contributed by atoms with van der Waals surface area (Å²) in [5.74, 6) is 0.443. The monoisotopic (exact) mass is 307 g/mol. The zero-order valence-corrected chi connectivity index (χ0v) is 12.5. The highest BCUT2D eigenvalue weighted by Crippen LogP contribution is 2.16. The third-order valence-electron chi connectivity index (χ3n) is 3.86. The lowest BCUT2D eigenvalue weighted by Gasteiger charge is -2.09. The maximum atomic E-state index is 12.4. The first-order valence-electron chi connectivity index (χ1n) is 6.79. The van der Waals surface area contributed by atoms with Crippen molar-refractivity contribution in [3.05, 3.63) is 32.7 Å². The highest BCUT2D eigenvalue weighted by molar-refractivity contribution is 5.75. The summed E-state index contributed by atoms with van der Waals surface area (Å²) < 4.78 is 5.65. The second-order valence-corrected chi connectivity index (χ2v) is 5.38. The van der Waals surface area contributed by atoms with Gasteiger partial charge in [-0.1, -0.05) is 0 Å². The lowest BCUT2D eigenvalue weighted by Crippen LogP contribution is -2.37. The number of fused-ring (bicyclic) bond motifs is 3. The van der Waals surface area contributed by atoms with Crippen LogP contribution in [-0.2, 0) is 20.6 Å². The van der Waals surface area contributed by atoms with Crippen molar-refractivity contribution in [1.82, 2.24) is 23.1 Å². The molecule has 0 bridgehead atoms. The van der Waals surface area contributed by atoms with E-state index in [-0.39, 0.29) is 18.8 Å². The first-order chi connectivity index (χ1) is 10.4. The summed E-state index contributed by atoms with van der Waals surface area (Å²) in [6, 6.07) is 0. The number of nitrogens with zero attached hydrogens (tertiary/aromatic N) is 5. The molecule has 0 aliphatic heterocycles. The first kappa shape index (κ1) is 14.5. The molecule has 9 heteroatoms. The van der Waals surface area contributed by atoms with Gasteiger partial charge in [-0.15, -0.1) is 0 Å². The van der Waals surface area contributed by atoms with Crippen LogP contribution in [0.15, 0.2) is 15.8 Å². The Labute approximate surface area is 124 Å². The minimum absolute atomic E-state index is 0.149. The largest absolute Gasteiger partial charge is 0.394 e. The van der Waals surface area contributed by atoms with E-state index in [9.17, 15) is 14.7 Å². The number of aryl methyl sites for hydroxylation is 2. The fourth-order valence-corrected chi connectivity index (χ4v) is 2.62. The molecule has 0 fully saturated rings. The molecule has 2 N–H and O–H groups in total. The van der Waals surface area contributed by atoms with Gasteiger partial charge in [0.25, 0.3) is 5.56 Å². The van der Waals surface area contributed by atoms with Gasteiger partial charge in [0.1, 0.15) is 0 Å². The molecule has 3 rings (SSSR count). The zero-order valence-electron chi connectivity index (χ0n) is 12.5. The highest BCUT2D eigenvalue weighted by atomic mass is 16.3. The van der Waals surface area contributed by atoms with Crippen LogP contribution in [0.5, 0.6) is 0 Å². The van der Waals surface area contributed by atoms with Gasteiger partial charge in [-0.3, -0.25) is 18.3 Å². The van der Waals surface area contributed by atoms with E-state index in [1.165, 1.54) is 11.6 Å². The van der Waals surface area contributed by atoms with Crippen molar-refractivity contribution in [3.8, 4) is 0 Å². The van der Waals surface area contributed by atoms with Crippen molar-refractivity contribution in [1.29, 1.82) is 0 Å². The molecule has 0 aliphatic carbocycles. The molecule has 118 valence electrons. The predicted octanol–water partition coefficient (Wildman–Crippen LogP) is -1.65. The normalized spacial score (nSPS) is 13.3. The van der Waals surface area contributed by atoms with Crippen LogP contribution in [0.2, 0.25) is 0 Å². The van der Waals surface area contributed by atoms with Crippen LogP contribution >= 0.6 is 0 Å². The zero-order chi connectivity index (χ0) is 16.2. The molecule has 0 aromatic carbocycles. The van der Waals surface area contributed by atoms with Crippen LogP contribution in [0.1, 0.15) is 5.69 Å². The van der Waals surface area contributed by atoms with Gasteiger partial charge >= 0.3 is 5.69 Å². The van der Waals surface area contributed by atoms with Crippen molar-refractivity contribution in [2.45, 2.75) is 19.6 Å². The standard InChI is InChI=1S/C13H17N5O4/c1-7-4-18-9-10(15(2)13(22)16(3)11(9)21)14-12(18)17(7)5-8(20)6-19/h4,8,19-20H,5-6H2,1-3H3/t8-/m0/s1. The minimum Gasteiger partial charge on any atom is -0.394 e. The number of hydrogen-bond donors (Lipinski definition) is 2. The minimum atomic E-state index is -0.929. The van der Waals surface area contributed by atoms with E-state index in [0.717, 1.165) is 10.3 Å². The van der Waals surface area contributed by atoms with Crippen LogP contribution in [-0.4, -0.2) is 46.0 Å². The van der Waals surface area contributed by atoms with Crippen molar-refractivity contribution < 1.29 is 10.2 Å². The lowest BCUT2D eigenvalue weighted by atomic mass is 10.3. The van der Waals surface area contributed by atoms with Gasteiger partial charge in [0.05, 0.1) is 19.3 Å². The molecule has 0 radical (unpaired) electrons. The Morgan fingerprint density at radius 1 is 1.27 bits per heavy atom. The molecule has 3 aromatic heterocycles. The number of imidazole rings is 2. The second-order valence-electron chi connectivity index (χ2n) is 5.38. The number of aromatic nitrogens is 5. The Balaban J connectivity index is 2.42. The van der Waals surface area contributed by atoms with E-state index < -0.39 is 17.4 Å². The lowest BCUT2D eigenvalue weighted by molar-refractivity contribution is 0.0816. The molecule has 3 aromatic rings. The third kappa shape index (κ3) is 1.82. The number of hydrogen-bond acceptors (Lipinski definition) is 5. The number of rotatable bonds is 3. The van der Waals surface area contributed by atoms with E-state index >= 15 is 0 Å². The van der Waals surface area contributed by atoms with Gasteiger partial charge in [-0.05, 0) is 6.92 Å². The summed E-state index contributed by atoms with van der Waals surface area (Å²) in [5.41, 5.74) is 0.505. The molecular formula is C13H17N5O4. The molecule has 0 aliphatic rings. The molecule has 22 heavy (non-hydrogen) atoms. The average molecular weight is 307 g/mol. The molecule has 0 saturated carbocycles. The van der Waals surface area contributed by atoms with Gasteiger partial charge < -0.3 is 14.8 Å². The Morgan fingerprint density at radius 2 is 1.95 bits per heavy atom. The van der Waals surface area contributed by atoms with E-state index in [1.54, 1.807) is 22.2 Å². The molecular weight excluding hydrogens is 290 g/mol. The summed E-state index contributed by atoms with van der Waals surface area (Å²) in [5, 5.41) is 18.7. The summed E-state index contributed by atoms with van der Waals surface area (Å²) in [4.78, 5) is 28.7. The summed E-state index contributed by atoms with van der Waals surface area (Å²) in [7, 11) is 2.97. The quantitative estimate of drug-likeness (QED) is 0.603. The van der Waals surface area contributed by atoms with E-state index in [4.69, 9.17) is 5.11 Å². The summed E-state index contributed by atoms with van der Waals surface area (Å²) >= 11 is 0. The van der Waals surface area contributed by atoms with Gasteiger partial charge in [0.15, 0.2) is 11.2 Å². The fourth-order valence-electron chi connectivity index (χ4n) is 2.62. The Kier molecular flexibility index (Phi) is 3.18. The van der Waals surface area contributed by atoms with E-state index in [1.807, 2.05) is 6.92 Å². The maximum absolute atomic E-state index is 12.4. The third-order valence-corrected chi connectivity index (χ3v) is 3.86. The van der Waals surface area contributed by atoms with Crippen molar-refractivity contribution >= 4 is 16.9 Å². The molecule has 0 unspecified atom stereocenters. The van der Waals surface area contributed by atoms with Gasteiger partial charge in [-0.2, -0.15) is 4.98 Å². The van der Waals surface area contributed by atoms with Crippen LogP contribution in [0.3, 0.4) is 0 Å². The first-order valence-corrected chi connectivity index (χ1v) is 6.79. The second kappa shape index (κ2) is 4.82. The molecule has 0 amide bonds. The van der Waals surface area contributed by atoms with Gasteiger partial charge in [0, 0.05) is 26.0 Å². The SMILES string of the molecule is Cc1cn2c3c(=O)n(C)c(=O)n(C)c3nc2n1C[C@H](O)CO. The van der Waals surface area contributed by atoms with Crippen LogP contribution in [0.25, 0.3) is 16.9 Å². The topological polar surface area (TPSA) is 107 Å². The Morgan fingerprint density at radius 3 is 2.59 bits per heavy atom. The number of aliphatic hydroxyl groups is 2. The van der Waals surface area contributed by atoms with Crippen molar-refractivity contribution in [3.63, 3.8) is 0 Å².